The van der Waals surface area contributed by atoms with Crippen LogP contribution in [0.1, 0.15) is 18.4 Å². The second-order valence-corrected chi connectivity index (χ2v) is 8.97. The van der Waals surface area contributed by atoms with Crippen LogP contribution in [0.25, 0.3) is 16.2 Å². The van der Waals surface area contributed by atoms with Crippen LogP contribution in [0.4, 0.5) is 11.4 Å². The van der Waals surface area contributed by atoms with Gasteiger partial charge in [-0.3, -0.25) is 4.90 Å². The van der Waals surface area contributed by atoms with Gasteiger partial charge in [-0.1, -0.05) is 18.2 Å². The molecule has 1 aromatic heterocycles. The number of fused-ring (bicyclic) bond motifs is 2. The molecule has 156 valence electrons. The van der Waals surface area contributed by atoms with E-state index in [1.165, 1.54) is 33.4 Å². The monoisotopic (exact) mass is 419 g/mol. The fourth-order valence-electron chi connectivity index (χ4n) is 4.37. The zero-order chi connectivity index (χ0) is 20.2. The van der Waals surface area contributed by atoms with Gasteiger partial charge in [0.2, 0.25) is 0 Å². The second kappa shape index (κ2) is 9.11. The molecule has 0 atom stereocenters. The summed E-state index contributed by atoms with van der Waals surface area (Å²) in [4.78, 5) is 5.15. The molecule has 0 aliphatic carbocycles. The Hall–Kier alpha value is -2.50. The van der Waals surface area contributed by atoms with Crippen molar-refractivity contribution in [1.29, 1.82) is 0 Å². The molecule has 0 saturated carbocycles. The van der Waals surface area contributed by atoms with Crippen LogP contribution in [0, 0.1) is 0 Å². The molecule has 3 aromatic rings. The minimum Gasteiger partial charge on any atom is -0.494 e. The van der Waals surface area contributed by atoms with E-state index in [2.05, 4.69) is 75.1 Å². The largest absolute Gasteiger partial charge is 0.494 e. The van der Waals surface area contributed by atoms with Crippen molar-refractivity contribution in [3.05, 3.63) is 59.5 Å². The van der Waals surface area contributed by atoms with Crippen molar-refractivity contribution in [3.63, 3.8) is 0 Å². The Morgan fingerprint density at radius 3 is 2.87 bits per heavy atom. The van der Waals surface area contributed by atoms with E-state index in [1.807, 2.05) is 11.3 Å². The van der Waals surface area contributed by atoms with E-state index in [0.717, 1.165) is 58.0 Å². The van der Waals surface area contributed by atoms with E-state index in [1.54, 1.807) is 0 Å². The number of hydrogen-bond acceptors (Lipinski definition) is 5. The number of benzene rings is 2. The Labute approximate surface area is 182 Å². The van der Waals surface area contributed by atoms with E-state index in [4.69, 9.17) is 4.74 Å². The van der Waals surface area contributed by atoms with E-state index < -0.39 is 0 Å². The molecule has 5 rings (SSSR count). The van der Waals surface area contributed by atoms with Gasteiger partial charge in [0.15, 0.2) is 0 Å². The number of unbranched alkanes of at least 4 members (excludes halogenated alkanes) is 1. The first-order chi connectivity index (χ1) is 14.9. The smallest absolute Gasteiger partial charge is 0.121 e. The van der Waals surface area contributed by atoms with Gasteiger partial charge >= 0.3 is 0 Å². The minimum absolute atomic E-state index is 0.786. The van der Waals surface area contributed by atoms with Crippen molar-refractivity contribution in [2.24, 2.45) is 0 Å². The maximum Gasteiger partial charge on any atom is 0.121 e. The average Bonchev–Trinajstić information content (AvgIpc) is 3.28. The first-order valence-electron chi connectivity index (χ1n) is 11.0. The number of anilines is 2. The van der Waals surface area contributed by atoms with Crippen LogP contribution in [-0.2, 0) is 0 Å². The fourth-order valence-corrected chi connectivity index (χ4v) is 5.18. The van der Waals surface area contributed by atoms with Crippen LogP contribution in [-0.4, -0.2) is 50.8 Å². The maximum atomic E-state index is 5.98. The summed E-state index contributed by atoms with van der Waals surface area (Å²) in [7, 11) is 0. The summed E-state index contributed by atoms with van der Waals surface area (Å²) in [5.41, 5.74) is 3.81. The zero-order valence-electron chi connectivity index (χ0n) is 17.3. The molecule has 5 heteroatoms. The molecule has 4 nitrogen and oxygen atoms in total. The Kier molecular flexibility index (Phi) is 5.91. The summed E-state index contributed by atoms with van der Waals surface area (Å²) in [5.74, 6) is 0.966. The van der Waals surface area contributed by atoms with Crippen LogP contribution in [0.2, 0.25) is 0 Å². The van der Waals surface area contributed by atoms with Crippen LogP contribution in [0.3, 0.4) is 0 Å². The molecule has 1 N–H and O–H groups in total. The molecule has 1 fully saturated rings. The number of nitrogens with one attached hydrogen (secondary N) is 1. The van der Waals surface area contributed by atoms with E-state index in [-0.39, 0.29) is 0 Å². The quantitative estimate of drug-likeness (QED) is 0.525. The van der Waals surface area contributed by atoms with Gasteiger partial charge < -0.3 is 15.0 Å². The molecule has 1 saturated heterocycles. The standard InChI is InChI=1S/C25H29N3OS/c1(2-17-29-21-9-8-20-5-4-11-26-23(20)19-21)12-27-13-15-28(16-14-27)24-6-3-7-25-22(24)10-18-30-25/h3-10,18-19,26H,1-2,11-17H2. The first-order valence-corrected chi connectivity index (χ1v) is 11.9. The highest BCUT2D eigenvalue weighted by molar-refractivity contribution is 7.17. The maximum absolute atomic E-state index is 5.98. The zero-order valence-corrected chi connectivity index (χ0v) is 18.2. The lowest BCUT2D eigenvalue weighted by Crippen LogP contribution is -2.46. The van der Waals surface area contributed by atoms with Gasteiger partial charge in [0, 0.05) is 60.3 Å². The molecule has 0 bridgehead atoms. The van der Waals surface area contributed by atoms with Gasteiger partial charge in [0.1, 0.15) is 5.75 Å². The molecule has 0 radical (unpaired) electrons. The third kappa shape index (κ3) is 4.32. The van der Waals surface area contributed by atoms with Crippen molar-refractivity contribution < 1.29 is 4.74 Å². The summed E-state index contributed by atoms with van der Waals surface area (Å²) < 4.78 is 7.37. The lowest BCUT2D eigenvalue weighted by Gasteiger charge is -2.36. The van der Waals surface area contributed by atoms with Crippen LogP contribution >= 0.6 is 11.3 Å². The highest BCUT2D eigenvalue weighted by Gasteiger charge is 2.18. The van der Waals surface area contributed by atoms with Crippen molar-refractivity contribution in [2.75, 3.05) is 56.1 Å². The van der Waals surface area contributed by atoms with Gasteiger partial charge in [-0.2, -0.15) is 0 Å². The fraction of sp³-hybridized carbons (Fsp3) is 0.360. The summed E-state index contributed by atoms with van der Waals surface area (Å²) in [6.07, 6.45) is 6.59. The SMILES string of the molecule is C1=Cc2ccc(OCCCCN3CCN(c4cccc5sccc45)CC3)cc2NC1. The molecule has 2 aliphatic rings. The molecule has 0 amide bonds. The van der Waals surface area contributed by atoms with Crippen LogP contribution in [0.5, 0.6) is 5.75 Å². The number of piperazine rings is 1. The summed E-state index contributed by atoms with van der Waals surface area (Å²) in [5, 5.41) is 7.00. The number of hydrogen-bond donors (Lipinski definition) is 1. The Bertz CT molecular complexity index is 1020. The van der Waals surface area contributed by atoms with Gasteiger partial charge in [-0.05, 0) is 60.7 Å². The Morgan fingerprint density at radius 1 is 1.00 bits per heavy atom. The predicted octanol–water partition coefficient (Wildman–Crippen LogP) is 5.32. The number of nitrogens with zero attached hydrogens (tertiary/aromatic N) is 2. The number of rotatable bonds is 7. The highest BCUT2D eigenvalue weighted by atomic mass is 32.1. The minimum atomic E-state index is 0.786. The van der Waals surface area contributed by atoms with Crippen molar-refractivity contribution in [2.45, 2.75) is 12.8 Å². The predicted molar refractivity (Wildman–Crippen MR) is 129 cm³/mol. The van der Waals surface area contributed by atoms with Gasteiger partial charge in [-0.25, -0.2) is 0 Å². The topological polar surface area (TPSA) is 27.7 Å². The average molecular weight is 420 g/mol. The molecule has 0 unspecified atom stereocenters. The van der Waals surface area contributed by atoms with Gasteiger partial charge in [0.05, 0.1) is 6.61 Å². The van der Waals surface area contributed by atoms with Crippen LogP contribution < -0.4 is 15.0 Å². The third-order valence-corrected chi connectivity index (χ3v) is 6.94. The van der Waals surface area contributed by atoms with Gasteiger partial charge in [0.25, 0.3) is 0 Å². The Morgan fingerprint density at radius 2 is 1.93 bits per heavy atom. The molecular weight excluding hydrogens is 390 g/mol. The van der Waals surface area contributed by atoms with E-state index in [0.29, 0.717) is 0 Å². The normalized spacial score (nSPS) is 16.5. The Balaban J connectivity index is 1.03. The number of ether oxygens (including phenoxy) is 1. The molecular formula is C25H29N3OS. The first kappa shape index (κ1) is 19.5. The molecule has 2 aromatic carbocycles. The molecule has 0 spiro atoms. The summed E-state index contributed by atoms with van der Waals surface area (Å²) in [6, 6.07) is 15.3. The lowest BCUT2D eigenvalue weighted by molar-refractivity contribution is 0.239. The van der Waals surface area contributed by atoms with Crippen molar-refractivity contribution >= 4 is 38.9 Å². The molecule has 30 heavy (non-hydrogen) atoms. The third-order valence-electron chi connectivity index (χ3n) is 6.06. The van der Waals surface area contributed by atoms with Crippen LogP contribution in [0.15, 0.2) is 53.9 Å². The van der Waals surface area contributed by atoms with Crippen molar-refractivity contribution in [3.8, 4) is 5.75 Å². The van der Waals surface area contributed by atoms with E-state index >= 15 is 0 Å². The molecule has 2 aliphatic heterocycles. The lowest BCUT2D eigenvalue weighted by atomic mass is 10.1. The van der Waals surface area contributed by atoms with Gasteiger partial charge in [-0.15, -0.1) is 11.3 Å². The summed E-state index contributed by atoms with van der Waals surface area (Å²) in [6.45, 7) is 7.36. The van der Waals surface area contributed by atoms with E-state index in [9.17, 15) is 0 Å². The number of thiophene rings is 1. The molecule has 3 heterocycles. The highest BCUT2D eigenvalue weighted by Crippen LogP contribution is 2.31. The second-order valence-electron chi connectivity index (χ2n) is 8.03. The summed E-state index contributed by atoms with van der Waals surface area (Å²) >= 11 is 1.83. The van der Waals surface area contributed by atoms with Crippen molar-refractivity contribution in [1.82, 2.24) is 4.90 Å².